The molecule has 0 atom stereocenters. The first-order valence-corrected chi connectivity index (χ1v) is 19.3. The zero-order valence-electron chi connectivity index (χ0n) is 29.5. The molecule has 1 N–H and O–H groups in total. The fraction of sp³-hybridized carbons (Fsp3) is 0.974. The summed E-state index contributed by atoms with van der Waals surface area (Å²) in [6, 6.07) is 0. The third kappa shape index (κ3) is 32.6. The molecule has 0 aliphatic rings. The van der Waals surface area contributed by atoms with Gasteiger partial charge in [0.1, 0.15) is 0 Å². The number of rotatable bonds is 36. The molecule has 0 aliphatic heterocycles. The molecule has 0 aromatic heterocycles. The van der Waals surface area contributed by atoms with Crippen molar-refractivity contribution < 1.29 is 19.4 Å². The van der Waals surface area contributed by atoms with Gasteiger partial charge in [-0.15, -0.1) is 0 Å². The summed E-state index contributed by atoms with van der Waals surface area (Å²) in [5.41, 5.74) is 0. The molecule has 0 aromatic carbocycles. The number of carbonyl (C=O) groups excluding carboxylic acids is 1. The first-order chi connectivity index (χ1) is 21.2. The van der Waals surface area contributed by atoms with Gasteiger partial charge in [-0.3, -0.25) is 4.79 Å². The molecule has 258 valence electrons. The number of hydrogen-bond acceptors (Lipinski definition) is 5. The molecule has 43 heavy (non-hydrogen) atoms. The minimum atomic E-state index is -0.0699. The van der Waals surface area contributed by atoms with Crippen LogP contribution in [0.1, 0.15) is 194 Å². The van der Waals surface area contributed by atoms with E-state index in [-0.39, 0.29) is 12.6 Å². The van der Waals surface area contributed by atoms with Crippen molar-refractivity contribution in [3.63, 3.8) is 0 Å². The van der Waals surface area contributed by atoms with Crippen molar-refractivity contribution in [1.82, 2.24) is 4.90 Å². The van der Waals surface area contributed by atoms with Gasteiger partial charge in [-0.1, -0.05) is 149 Å². The topological polar surface area (TPSA) is 59.0 Å². The molecule has 0 rings (SSSR count). The van der Waals surface area contributed by atoms with E-state index in [4.69, 9.17) is 9.47 Å². The van der Waals surface area contributed by atoms with E-state index in [0.29, 0.717) is 25.7 Å². The summed E-state index contributed by atoms with van der Waals surface area (Å²) in [6.45, 7) is 11.0. The normalized spacial score (nSPS) is 11.7. The molecule has 0 spiro atoms. The predicted molar refractivity (Wildman–Crippen MR) is 186 cm³/mol. The Hall–Kier alpha value is -0.650. The summed E-state index contributed by atoms with van der Waals surface area (Å²) in [6.07, 6.45) is 34.0. The number of esters is 1. The number of unbranched alkanes of at least 4 members (excludes halogenated alkanes) is 19. The van der Waals surface area contributed by atoms with Crippen LogP contribution >= 0.6 is 0 Å². The SMILES string of the molecule is CCCCCCCCC(CCCCCCCC)OCCCCCCCCN(CCO)CCCC(=O)OCCCCCCC. The van der Waals surface area contributed by atoms with Crippen molar-refractivity contribution in [1.29, 1.82) is 0 Å². The summed E-state index contributed by atoms with van der Waals surface area (Å²) in [4.78, 5) is 14.3. The molecule has 0 bridgehead atoms. The molecule has 0 aliphatic carbocycles. The maximum Gasteiger partial charge on any atom is 0.305 e. The molecule has 5 nitrogen and oxygen atoms in total. The number of ether oxygens (including phenoxy) is 2. The van der Waals surface area contributed by atoms with Gasteiger partial charge in [0, 0.05) is 19.6 Å². The highest BCUT2D eigenvalue weighted by atomic mass is 16.5. The Balaban J connectivity index is 3.93. The third-order valence-corrected chi connectivity index (χ3v) is 8.76. The molecule has 0 fully saturated rings. The number of nitrogens with zero attached hydrogens (tertiary/aromatic N) is 1. The standard InChI is InChI=1S/C38H77NO4/c1-4-7-10-13-17-22-28-37(29-23-18-14-11-8-5-2)42-35-25-21-16-15-19-24-31-39(33-34-40)32-27-30-38(41)43-36-26-20-12-9-6-3/h37,40H,4-36H2,1-3H3. The van der Waals surface area contributed by atoms with E-state index in [9.17, 15) is 9.90 Å². The molecule has 5 heteroatoms. The minimum Gasteiger partial charge on any atom is -0.466 e. The van der Waals surface area contributed by atoms with Gasteiger partial charge in [0.2, 0.25) is 0 Å². The van der Waals surface area contributed by atoms with E-state index in [1.807, 2.05) is 0 Å². The Labute approximate surface area is 269 Å². The lowest BCUT2D eigenvalue weighted by Gasteiger charge is -2.21. The van der Waals surface area contributed by atoms with Crippen LogP contribution in [-0.2, 0) is 14.3 Å². The van der Waals surface area contributed by atoms with Crippen LogP contribution in [0, 0.1) is 0 Å². The van der Waals surface area contributed by atoms with E-state index in [2.05, 4.69) is 25.7 Å². The smallest absolute Gasteiger partial charge is 0.305 e. The fourth-order valence-corrected chi connectivity index (χ4v) is 5.90. The second-order valence-electron chi connectivity index (χ2n) is 13.0. The molecule has 0 unspecified atom stereocenters. The van der Waals surface area contributed by atoms with E-state index >= 15 is 0 Å². The summed E-state index contributed by atoms with van der Waals surface area (Å²) < 4.78 is 11.8. The van der Waals surface area contributed by atoms with Crippen LogP contribution in [0.25, 0.3) is 0 Å². The Morgan fingerprint density at radius 2 is 0.977 bits per heavy atom. The summed E-state index contributed by atoms with van der Waals surface area (Å²) in [5.74, 6) is -0.0699. The van der Waals surface area contributed by atoms with Crippen LogP contribution in [0.4, 0.5) is 0 Å². The molecule has 0 amide bonds. The molecular formula is C38H77NO4. The van der Waals surface area contributed by atoms with Gasteiger partial charge < -0.3 is 19.5 Å². The summed E-state index contributed by atoms with van der Waals surface area (Å²) >= 11 is 0. The Kier molecular flexibility index (Phi) is 35.3. The van der Waals surface area contributed by atoms with Crippen LogP contribution in [-0.4, -0.2) is 61.5 Å². The van der Waals surface area contributed by atoms with Crippen molar-refractivity contribution in [2.45, 2.75) is 200 Å². The highest BCUT2D eigenvalue weighted by Crippen LogP contribution is 2.18. The molecule has 0 aromatic rings. The Bertz CT molecular complexity index is 528. The van der Waals surface area contributed by atoms with Crippen LogP contribution in [0.15, 0.2) is 0 Å². The molecule has 0 saturated heterocycles. The molecule has 0 heterocycles. The summed E-state index contributed by atoms with van der Waals surface area (Å²) in [7, 11) is 0. The number of carbonyl (C=O) groups is 1. The van der Waals surface area contributed by atoms with E-state index in [0.717, 1.165) is 45.4 Å². The second kappa shape index (κ2) is 35.8. The number of hydrogen-bond donors (Lipinski definition) is 1. The van der Waals surface area contributed by atoms with Gasteiger partial charge in [-0.2, -0.15) is 0 Å². The average molecular weight is 612 g/mol. The third-order valence-electron chi connectivity index (χ3n) is 8.76. The Morgan fingerprint density at radius 3 is 1.51 bits per heavy atom. The van der Waals surface area contributed by atoms with E-state index < -0.39 is 0 Å². The maximum absolute atomic E-state index is 12.0. The second-order valence-corrected chi connectivity index (χ2v) is 13.0. The highest BCUT2D eigenvalue weighted by molar-refractivity contribution is 5.69. The van der Waals surface area contributed by atoms with Gasteiger partial charge in [-0.05, 0) is 51.6 Å². The number of aliphatic hydroxyl groups is 1. The lowest BCUT2D eigenvalue weighted by Crippen LogP contribution is -2.29. The lowest BCUT2D eigenvalue weighted by atomic mass is 10.0. The van der Waals surface area contributed by atoms with Crippen molar-refractivity contribution in [2.24, 2.45) is 0 Å². The molecule has 0 saturated carbocycles. The Morgan fingerprint density at radius 1 is 0.535 bits per heavy atom. The first kappa shape index (κ1) is 42.3. The maximum atomic E-state index is 12.0. The van der Waals surface area contributed by atoms with Gasteiger partial charge in [0.05, 0.1) is 19.3 Å². The van der Waals surface area contributed by atoms with Gasteiger partial charge >= 0.3 is 5.97 Å². The first-order valence-electron chi connectivity index (χ1n) is 19.3. The monoisotopic (exact) mass is 612 g/mol. The van der Waals surface area contributed by atoms with Gasteiger partial charge in [0.15, 0.2) is 0 Å². The van der Waals surface area contributed by atoms with Crippen LogP contribution in [0.3, 0.4) is 0 Å². The van der Waals surface area contributed by atoms with Crippen molar-refractivity contribution in [2.75, 3.05) is 39.5 Å². The molecular weight excluding hydrogens is 534 g/mol. The predicted octanol–water partition coefficient (Wildman–Crippen LogP) is 10.8. The largest absolute Gasteiger partial charge is 0.466 e. The summed E-state index contributed by atoms with van der Waals surface area (Å²) in [5, 5.41) is 9.45. The zero-order chi connectivity index (χ0) is 31.5. The van der Waals surface area contributed by atoms with E-state index in [1.54, 1.807) is 0 Å². The zero-order valence-corrected chi connectivity index (χ0v) is 29.5. The van der Waals surface area contributed by atoms with Gasteiger partial charge in [0.25, 0.3) is 0 Å². The highest BCUT2D eigenvalue weighted by Gasteiger charge is 2.10. The minimum absolute atomic E-state index is 0.0699. The average Bonchev–Trinajstić information content (AvgIpc) is 3.00. The quantitative estimate of drug-likeness (QED) is 0.0564. The van der Waals surface area contributed by atoms with Crippen molar-refractivity contribution >= 4 is 5.97 Å². The number of aliphatic hydroxyl groups excluding tert-OH is 1. The fourth-order valence-electron chi connectivity index (χ4n) is 5.90. The van der Waals surface area contributed by atoms with Crippen molar-refractivity contribution in [3.8, 4) is 0 Å². The van der Waals surface area contributed by atoms with Crippen LogP contribution in [0.2, 0.25) is 0 Å². The van der Waals surface area contributed by atoms with E-state index in [1.165, 1.54) is 141 Å². The van der Waals surface area contributed by atoms with Gasteiger partial charge in [-0.25, -0.2) is 0 Å². The molecule has 0 radical (unpaired) electrons. The van der Waals surface area contributed by atoms with Crippen LogP contribution in [0.5, 0.6) is 0 Å². The van der Waals surface area contributed by atoms with Crippen LogP contribution < -0.4 is 0 Å². The lowest BCUT2D eigenvalue weighted by molar-refractivity contribution is -0.144. The van der Waals surface area contributed by atoms with Crippen molar-refractivity contribution in [3.05, 3.63) is 0 Å².